The molecule has 0 saturated heterocycles. The first-order valence-electron chi connectivity index (χ1n) is 5.69. The number of aromatic nitrogens is 2. The van der Waals surface area contributed by atoms with Crippen LogP contribution in [0.3, 0.4) is 0 Å². The third kappa shape index (κ3) is 7.16. The van der Waals surface area contributed by atoms with Gasteiger partial charge in [0.25, 0.3) is 0 Å². The van der Waals surface area contributed by atoms with Crippen molar-refractivity contribution in [3.05, 3.63) is 18.1 Å². The molecular weight excluding hydrogens is 328 g/mol. The first-order chi connectivity index (χ1) is 9.34. The number of Topliss-reactive ketones (excluding diaryl/α,β-unsaturated/α-hetero) is 1. The summed E-state index contributed by atoms with van der Waals surface area (Å²) in [6, 6.07) is 0. The largest absolute Gasteiger partial charge is 0.293 e. The predicted octanol–water partition coefficient (Wildman–Crippen LogP) is -0.501. The zero-order valence-corrected chi connectivity index (χ0v) is 13.8. The molecule has 20 heavy (non-hydrogen) atoms. The SMILES string of the molecule is CSc1ncncc1C(=O)C(C)Br.[B][B]B([B])B([B])[B]. The Morgan fingerprint density at radius 1 is 1.50 bits per heavy atom. The van der Waals surface area contributed by atoms with Crippen molar-refractivity contribution in [1.82, 2.24) is 9.97 Å². The van der Waals surface area contributed by atoms with Crippen LogP contribution in [0.1, 0.15) is 17.3 Å². The second-order valence-electron chi connectivity index (χ2n) is 3.77. The number of carbonyl (C=O) groups excluding carboxylic acids is 1. The Hall–Kier alpha value is 0.0345. The molecule has 9 radical (unpaired) electrons. The molecular formula is C8H9B7BrN2OS. The summed E-state index contributed by atoms with van der Waals surface area (Å²) in [6.07, 6.45) is 3.96. The summed E-state index contributed by atoms with van der Waals surface area (Å²) in [5, 5.41) is 0.728. The van der Waals surface area contributed by atoms with E-state index in [1.807, 2.05) is 6.26 Å². The van der Waals surface area contributed by atoms with E-state index in [4.69, 9.17) is 30.9 Å². The smallest absolute Gasteiger partial charge is 0.180 e. The van der Waals surface area contributed by atoms with Crippen LogP contribution in [0.4, 0.5) is 0 Å². The maximum atomic E-state index is 11.6. The molecule has 91 valence electrons. The number of rotatable bonds is 5. The van der Waals surface area contributed by atoms with Crippen LogP contribution < -0.4 is 0 Å². The van der Waals surface area contributed by atoms with Crippen molar-refractivity contribution in [2.75, 3.05) is 6.26 Å². The van der Waals surface area contributed by atoms with E-state index in [0.717, 1.165) is 5.03 Å². The highest BCUT2D eigenvalue weighted by Crippen LogP contribution is 2.19. The first-order valence-corrected chi connectivity index (χ1v) is 7.83. The molecule has 1 rings (SSSR count). The van der Waals surface area contributed by atoms with Crippen LogP contribution in [0.2, 0.25) is 0 Å². The third-order valence-electron chi connectivity index (χ3n) is 2.16. The van der Waals surface area contributed by atoms with E-state index in [0.29, 0.717) is 5.56 Å². The summed E-state index contributed by atoms with van der Waals surface area (Å²) in [7, 11) is 21.6. The molecule has 0 aromatic carbocycles. The van der Waals surface area contributed by atoms with Crippen molar-refractivity contribution in [1.29, 1.82) is 0 Å². The number of thioether (sulfide) groups is 1. The fraction of sp³-hybridized carbons (Fsp3) is 0.375. The van der Waals surface area contributed by atoms with E-state index >= 15 is 0 Å². The van der Waals surface area contributed by atoms with Gasteiger partial charge in [0.1, 0.15) is 11.4 Å². The molecule has 1 aromatic heterocycles. The summed E-state index contributed by atoms with van der Waals surface area (Å²) in [5.74, 6) is 0.0185. The molecule has 0 spiro atoms. The van der Waals surface area contributed by atoms with E-state index in [9.17, 15) is 4.79 Å². The van der Waals surface area contributed by atoms with E-state index < -0.39 is 6.39 Å². The Balaban J connectivity index is 0.000000441. The number of hydrogen-bond donors (Lipinski definition) is 0. The molecule has 1 atom stereocenters. The molecule has 0 aliphatic rings. The minimum atomic E-state index is -0.537. The molecule has 0 fully saturated rings. The number of carbonyl (C=O) groups is 1. The van der Waals surface area contributed by atoms with Crippen molar-refractivity contribution in [3.8, 4) is 0 Å². The second-order valence-corrected chi connectivity index (χ2v) is 5.94. The standard InChI is InChI=1S/C8H9BrN2OS.B7/c1-5(9)7(12)6-3-10-4-11-8(6)13-2;1-5-7(4)6(2)3/h3-5H,1-2H3;. The van der Waals surface area contributed by atoms with Gasteiger partial charge < -0.3 is 0 Å². The van der Waals surface area contributed by atoms with Crippen molar-refractivity contribution in [2.24, 2.45) is 0 Å². The molecule has 0 N–H and O–H groups in total. The van der Waals surface area contributed by atoms with Crippen molar-refractivity contribution in [2.45, 2.75) is 16.8 Å². The van der Waals surface area contributed by atoms with Crippen molar-refractivity contribution >= 4 is 84.3 Å². The number of alkyl halides is 1. The maximum Gasteiger partial charge on any atom is 0.180 e. The van der Waals surface area contributed by atoms with Gasteiger partial charge in [-0.25, -0.2) is 9.97 Å². The van der Waals surface area contributed by atoms with E-state index in [1.54, 1.807) is 13.1 Å². The second kappa shape index (κ2) is 10.7. The van der Waals surface area contributed by atoms with Gasteiger partial charge in [-0.2, -0.15) is 0 Å². The van der Waals surface area contributed by atoms with Gasteiger partial charge in [-0.15, -0.1) is 11.8 Å². The Labute approximate surface area is 140 Å². The number of hydrogen-bond acceptors (Lipinski definition) is 4. The van der Waals surface area contributed by atoms with Crippen LogP contribution in [0.15, 0.2) is 17.6 Å². The molecule has 3 nitrogen and oxygen atoms in total. The highest BCUT2D eigenvalue weighted by atomic mass is 79.9. The molecule has 0 aliphatic carbocycles. The van der Waals surface area contributed by atoms with Crippen LogP contribution in [-0.4, -0.2) is 77.6 Å². The highest BCUT2D eigenvalue weighted by Gasteiger charge is 2.16. The average molecular weight is 337 g/mol. The molecule has 0 bridgehead atoms. The molecule has 0 saturated carbocycles. The molecule has 0 aliphatic heterocycles. The van der Waals surface area contributed by atoms with Crippen LogP contribution in [0.25, 0.3) is 0 Å². The Kier molecular flexibility index (Phi) is 10.7. The molecule has 0 amide bonds. The number of nitrogens with zero attached hydrogens (tertiary/aromatic N) is 2. The lowest BCUT2D eigenvalue weighted by atomic mass is 8.76. The maximum absolute atomic E-state index is 11.6. The summed E-state index contributed by atoms with van der Waals surface area (Å²) in [6.45, 7) is 1.79. The molecule has 1 aromatic rings. The normalized spacial score (nSPS) is 10.8. The van der Waals surface area contributed by atoms with Crippen LogP contribution in [0, 0.1) is 0 Å². The fourth-order valence-electron chi connectivity index (χ4n) is 0.993. The third-order valence-corrected chi connectivity index (χ3v) is 3.29. The monoisotopic (exact) mass is 337 g/mol. The van der Waals surface area contributed by atoms with Gasteiger partial charge in [-0.05, 0) is 13.2 Å². The lowest BCUT2D eigenvalue weighted by Crippen LogP contribution is -2.43. The van der Waals surface area contributed by atoms with Crippen molar-refractivity contribution < 1.29 is 4.79 Å². The Morgan fingerprint density at radius 2 is 2.10 bits per heavy atom. The molecule has 1 heterocycles. The van der Waals surface area contributed by atoms with Gasteiger partial charge in [0.15, 0.2) is 5.78 Å². The fourth-order valence-corrected chi connectivity index (χ4v) is 1.77. The van der Waals surface area contributed by atoms with Crippen LogP contribution in [0.5, 0.6) is 0 Å². The van der Waals surface area contributed by atoms with E-state index in [1.165, 1.54) is 25.2 Å². The van der Waals surface area contributed by atoms with Gasteiger partial charge in [0, 0.05) is 57.0 Å². The summed E-state index contributed by atoms with van der Waals surface area (Å²) in [5.41, 5.74) is 0.583. The summed E-state index contributed by atoms with van der Waals surface area (Å²) >= 11 is 4.67. The summed E-state index contributed by atoms with van der Waals surface area (Å²) < 4.78 is 0. The number of halogens is 1. The molecule has 1 unspecified atom stereocenters. The summed E-state index contributed by atoms with van der Waals surface area (Å²) in [4.78, 5) is 19.2. The number of ketones is 1. The predicted molar refractivity (Wildman–Crippen MR) is 96.8 cm³/mol. The topological polar surface area (TPSA) is 42.9 Å². The van der Waals surface area contributed by atoms with E-state index in [2.05, 4.69) is 25.9 Å². The van der Waals surface area contributed by atoms with Gasteiger partial charge in [-0.3, -0.25) is 4.79 Å². The van der Waals surface area contributed by atoms with Crippen LogP contribution in [-0.2, 0) is 0 Å². The zero-order chi connectivity index (χ0) is 15.7. The Bertz CT molecular complexity index is 426. The van der Waals surface area contributed by atoms with Gasteiger partial charge >= 0.3 is 0 Å². The minimum Gasteiger partial charge on any atom is -0.293 e. The minimum absolute atomic E-state index is 0.0185. The van der Waals surface area contributed by atoms with E-state index in [-0.39, 0.29) is 17.0 Å². The van der Waals surface area contributed by atoms with Crippen LogP contribution >= 0.6 is 27.7 Å². The highest BCUT2D eigenvalue weighted by molar-refractivity contribution is 9.10. The van der Waals surface area contributed by atoms with Gasteiger partial charge in [0.05, 0.1) is 10.4 Å². The lowest BCUT2D eigenvalue weighted by molar-refractivity contribution is 0.0992. The van der Waals surface area contributed by atoms with Gasteiger partial charge in [-0.1, -0.05) is 15.9 Å². The lowest BCUT2D eigenvalue weighted by Gasteiger charge is -2.05. The van der Waals surface area contributed by atoms with Gasteiger partial charge in [0.2, 0.25) is 0 Å². The Morgan fingerprint density at radius 3 is 2.45 bits per heavy atom. The first kappa shape index (κ1) is 20.0. The quantitative estimate of drug-likeness (QED) is 0.239. The average Bonchev–Trinajstić information content (AvgIpc) is 2.45. The zero-order valence-electron chi connectivity index (χ0n) is 11.4. The molecule has 12 heteroatoms. The van der Waals surface area contributed by atoms with Crippen molar-refractivity contribution in [3.63, 3.8) is 0 Å².